The van der Waals surface area contributed by atoms with Crippen LogP contribution in [0.3, 0.4) is 0 Å². The zero-order valence-corrected chi connectivity index (χ0v) is 12.7. The first-order chi connectivity index (χ1) is 9.04. The van der Waals surface area contributed by atoms with E-state index in [4.69, 9.17) is 22.7 Å². The first-order valence-corrected chi connectivity index (χ1v) is 7.02. The SMILES string of the molecule is COCC1CCCN(c2c(C(N)=S)c(C)nn2C)C1. The molecule has 0 spiro atoms. The molecule has 2 N–H and O–H groups in total. The number of nitrogens with zero attached hydrogens (tertiary/aromatic N) is 3. The van der Waals surface area contributed by atoms with Crippen LogP contribution in [-0.2, 0) is 11.8 Å². The Kier molecular flexibility index (Phi) is 4.42. The molecule has 106 valence electrons. The zero-order chi connectivity index (χ0) is 14.0. The van der Waals surface area contributed by atoms with E-state index in [1.165, 1.54) is 6.42 Å². The third kappa shape index (κ3) is 2.90. The van der Waals surface area contributed by atoms with Crippen molar-refractivity contribution >= 4 is 23.0 Å². The molecule has 5 nitrogen and oxygen atoms in total. The maximum absolute atomic E-state index is 5.86. The van der Waals surface area contributed by atoms with Crippen LogP contribution in [0.1, 0.15) is 24.1 Å². The van der Waals surface area contributed by atoms with Gasteiger partial charge in [0.15, 0.2) is 0 Å². The molecule has 2 rings (SSSR count). The molecule has 1 aromatic heterocycles. The normalized spacial score (nSPS) is 19.7. The molecule has 2 heterocycles. The van der Waals surface area contributed by atoms with Crippen LogP contribution in [0.15, 0.2) is 0 Å². The second-order valence-corrected chi connectivity index (χ2v) is 5.62. The third-order valence-corrected chi connectivity index (χ3v) is 3.86. The van der Waals surface area contributed by atoms with Crippen molar-refractivity contribution < 1.29 is 4.74 Å². The molecule has 1 saturated heterocycles. The second-order valence-electron chi connectivity index (χ2n) is 5.18. The van der Waals surface area contributed by atoms with Crippen molar-refractivity contribution in [3.8, 4) is 0 Å². The van der Waals surface area contributed by atoms with E-state index in [-0.39, 0.29) is 0 Å². The number of piperidine rings is 1. The molecule has 6 heteroatoms. The van der Waals surface area contributed by atoms with Crippen molar-refractivity contribution in [1.82, 2.24) is 9.78 Å². The number of ether oxygens (including phenoxy) is 1. The molecule has 1 aliphatic heterocycles. The largest absolute Gasteiger partial charge is 0.389 e. The maximum Gasteiger partial charge on any atom is 0.137 e. The van der Waals surface area contributed by atoms with Crippen molar-refractivity contribution in [1.29, 1.82) is 0 Å². The summed E-state index contributed by atoms with van der Waals surface area (Å²) in [5.74, 6) is 1.61. The van der Waals surface area contributed by atoms with Gasteiger partial charge in [0, 0.05) is 27.2 Å². The van der Waals surface area contributed by atoms with Gasteiger partial charge < -0.3 is 15.4 Å². The zero-order valence-electron chi connectivity index (χ0n) is 11.8. The Bertz CT molecular complexity index is 469. The summed E-state index contributed by atoms with van der Waals surface area (Å²) in [6, 6.07) is 0. The number of nitrogens with two attached hydrogens (primary N) is 1. The van der Waals surface area contributed by atoms with E-state index in [2.05, 4.69) is 10.00 Å². The summed E-state index contributed by atoms with van der Waals surface area (Å²) in [7, 11) is 3.71. The highest BCUT2D eigenvalue weighted by molar-refractivity contribution is 7.80. The van der Waals surface area contributed by atoms with Crippen LogP contribution >= 0.6 is 12.2 Å². The van der Waals surface area contributed by atoms with E-state index < -0.39 is 0 Å². The second kappa shape index (κ2) is 5.88. The topological polar surface area (TPSA) is 56.3 Å². The molecule has 19 heavy (non-hydrogen) atoms. The van der Waals surface area contributed by atoms with E-state index in [0.717, 1.165) is 43.2 Å². The molecule has 0 radical (unpaired) electrons. The van der Waals surface area contributed by atoms with Crippen molar-refractivity contribution in [2.45, 2.75) is 19.8 Å². The number of methoxy groups -OCH3 is 1. The third-order valence-electron chi connectivity index (χ3n) is 3.66. The van der Waals surface area contributed by atoms with Crippen LogP contribution < -0.4 is 10.6 Å². The average Bonchev–Trinajstić information content (AvgIpc) is 2.65. The van der Waals surface area contributed by atoms with Crippen molar-refractivity contribution in [3.05, 3.63) is 11.3 Å². The standard InChI is InChI=1S/C13H22N4OS/c1-9-11(12(14)19)13(16(2)15-9)17-6-4-5-10(7-17)8-18-3/h10H,4-8H2,1-3H3,(H2,14,19). The van der Waals surface area contributed by atoms with E-state index in [1.54, 1.807) is 7.11 Å². The van der Waals surface area contributed by atoms with Crippen LogP contribution in [0, 0.1) is 12.8 Å². The summed E-state index contributed by atoms with van der Waals surface area (Å²) < 4.78 is 7.17. The Balaban J connectivity index is 2.28. The molecule has 0 amide bonds. The summed E-state index contributed by atoms with van der Waals surface area (Å²) >= 11 is 5.17. The van der Waals surface area contributed by atoms with E-state index in [9.17, 15) is 0 Å². The van der Waals surface area contributed by atoms with Crippen LogP contribution in [0.4, 0.5) is 5.82 Å². The molecule has 1 aliphatic rings. The summed E-state index contributed by atoms with van der Waals surface area (Å²) in [4.78, 5) is 2.76. The average molecular weight is 282 g/mol. The van der Waals surface area contributed by atoms with Crippen molar-refractivity contribution in [2.24, 2.45) is 18.7 Å². The van der Waals surface area contributed by atoms with Crippen molar-refractivity contribution in [3.63, 3.8) is 0 Å². The fourth-order valence-electron chi connectivity index (χ4n) is 2.93. The molecule has 1 fully saturated rings. The number of anilines is 1. The predicted octanol–water partition coefficient (Wildman–Crippen LogP) is 1.23. The highest BCUT2D eigenvalue weighted by Crippen LogP contribution is 2.28. The molecule has 0 bridgehead atoms. The highest BCUT2D eigenvalue weighted by Gasteiger charge is 2.26. The van der Waals surface area contributed by atoms with Crippen LogP contribution in [-0.4, -0.2) is 41.6 Å². The molecule has 0 aromatic carbocycles. The minimum absolute atomic E-state index is 0.425. The van der Waals surface area contributed by atoms with Gasteiger partial charge in [-0.2, -0.15) is 5.10 Å². The van der Waals surface area contributed by atoms with Gasteiger partial charge in [-0.3, -0.25) is 4.68 Å². The number of hydrogen-bond donors (Lipinski definition) is 1. The fourth-order valence-corrected chi connectivity index (χ4v) is 3.17. The highest BCUT2D eigenvalue weighted by atomic mass is 32.1. The van der Waals surface area contributed by atoms with E-state index in [0.29, 0.717) is 10.9 Å². The van der Waals surface area contributed by atoms with Crippen LogP contribution in [0.5, 0.6) is 0 Å². The van der Waals surface area contributed by atoms with Crippen LogP contribution in [0.2, 0.25) is 0 Å². The number of aryl methyl sites for hydroxylation is 2. The fraction of sp³-hybridized carbons (Fsp3) is 0.692. The summed E-state index contributed by atoms with van der Waals surface area (Å²) in [6.45, 7) is 4.75. The van der Waals surface area contributed by atoms with E-state index >= 15 is 0 Å². The molecule has 0 aliphatic carbocycles. The minimum atomic E-state index is 0.425. The minimum Gasteiger partial charge on any atom is -0.389 e. The molecule has 0 saturated carbocycles. The van der Waals surface area contributed by atoms with Gasteiger partial charge in [0.2, 0.25) is 0 Å². The van der Waals surface area contributed by atoms with Gasteiger partial charge in [-0.25, -0.2) is 0 Å². The number of thiocarbonyl (C=S) groups is 1. The van der Waals surface area contributed by atoms with Crippen LogP contribution in [0.25, 0.3) is 0 Å². The van der Waals surface area contributed by atoms with Gasteiger partial charge >= 0.3 is 0 Å². The molecule has 1 unspecified atom stereocenters. The quantitative estimate of drug-likeness (QED) is 0.842. The maximum atomic E-state index is 5.86. The molecule has 1 aromatic rings. The summed E-state index contributed by atoms with van der Waals surface area (Å²) in [5.41, 5.74) is 7.67. The predicted molar refractivity (Wildman–Crippen MR) is 80.6 cm³/mol. The monoisotopic (exact) mass is 282 g/mol. The van der Waals surface area contributed by atoms with Gasteiger partial charge in [0.1, 0.15) is 10.8 Å². The van der Waals surface area contributed by atoms with Gasteiger partial charge in [-0.15, -0.1) is 0 Å². The lowest BCUT2D eigenvalue weighted by Gasteiger charge is -2.34. The Morgan fingerprint density at radius 3 is 2.95 bits per heavy atom. The Hall–Kier alpha value is -1.14. The Labute approximate surface area is 119 Å². The lowest BCUT2D eigenvalue weighted by Crippen LogP contribution is -2.39. The van der Waals surface area contributed by atoms with E-state index in [1.807, 2.05) is 18.7 Å². The molecular weight excluding hydrogens is 260 g/mol. The summed E-state index contributed by atoms with van der Waals surface area (Å²) in [6.07, 6.45) is 2.37. The number of rotatable bonds is 4. The number of aromatic nitrogens is 2. The Morgan fingerprint density at radius 2 is 2.32 bits per heavy atom. The first kappa shape index (κ1) is 14.3. The lowest BCUT2D eigenvalue weighted by atomic mass is 9.98. The van der Waals surface area contributed by atoms with Gasteiger partial charge in [-0.1, -0.05) is 12.2 Å². The summed E-state index contributed by atoms with van der Waals surface area (Å²) in [5, 5.41) is 4.45. The lowest BCUT2D eigenvalue weighted by molar-refractivity contribution is 0.143. The van der Waals surface area contributed by atoms with Gasteiger partial charge in [0.25, 0.3) is 0 Å². The smallest absolute Gasteiger partial charge is 0.137 e. The Morgan fingerprint density at radius 1 is 1.58 bits per heavy atom. The van der Waals surface area contributed by atoms with Gasteiger partial charge in [0.05, 0.1) is 17.9 Å². The first-order valence-electron chi connectivity index (χ1n) is 6.61. The molecule has 1 atom stereocenters. The van der Waals surface area contributed by atoms with Crippen molar-refractivity contribution in [2.75, 3.05) is 31.7 Å². The van der Waals surface area contributed by atoms with Gasteiger partial charge in [-0.05, 0) is 25.7 Å². The molecular formula is C13H22N4OS. The number of hydrogen-bond acceptors (Lipinski definition) is 4.